The molecule has 0 radical (unpaired) electrons. The van der Waals surface area contributed by atoms with E-state index in [0.29, 0.717) is 5.56 Å². The third-order valence-corrected chi connectivity index (χ3v) is 4.48. The Balaban J connectivity index is 2.71. The normalized spacial score (nSPS) is 15.7. The number of alkyl halides is 3. The summed E-state index contributed by atoms with van der Waals surface area (Å²) in [6.45, 7) is 1.38. The van der Waals surface area contributed by atoms with Crippen LogP contribution in [0.3, 0.4) is 0 Å². The van der Waals surface area contributed by atoms with Crippen molar-refractivity contribution in [2.45, 2.75) is 31.1 Å². The summed E-state index contributed by atoms with van der Waals surface area (Å²) in [6, 6.07) is 4.92. The number of ether oxygens (including phenoxy) is 1. The third kappa shape index (κ3) is 5.38. The molecule has 0 bridgehead atoms. The highest BCUT2D eigenvalue weighted by Gasteiger charge is 2.31. The van der Waals surface area contributed by atoms with E-state index in [1.165, 1.54) is 19.1 Å². The van der Waals surface area contributed by atoms with Crippen LogP contribution >= 0.6 is 0 Å². The lowest BCUT2D eigenvalue weighted by molar-refractivity contribution is -0.274. The van der Waals surface area contributed by atoms with E-state index in [4.69, 9.17) is 0 Å². The Morgan fingerprint density at radius 3 is 2.15 bits per heavy atom. The highest BCUT2D eigenvalue weighted by molar-refractivity contribution is 7.91. The smallest absolute Gasteiger partial charge is 0.406 e. The Kier molecular flexibility index (Phi) is 5.04. The lowest BCUT2D eigenvalue weighted by atomic mass is 10.1. The average molecular weight is 312 g/mol. The zero-order chi connectivity index (χ0) is 15.6. The molecule has 0 fully saturated rings. The van der Waals surface area contributed by atoms with Crippen LogP contribution in [0.5, 0.6) is 5.75 Å². The largest absolute Gasteiger partial charge is 0.573 e. The molecule has 1 aromatic carbocycles. The zero-order valence-corrected chi connectivity index (χ0v) is 11.7. The van der Waals surface area contributed by atoms with E-state index in [9.17, 15) is 26.7 Å². The maximum atomic E-state index is 12.0. The number of hydrogen-bond acceptors (Lipinski definition) is 4. The van der Waals surface area contributed by atoms with Crippen molar-refractivity contribution in [2.24, 2.45) is 0 Å². The summed E-state index contributed by atoms with van der Waals surface area (Å²) in [5, 5.41) is 8.82. The quantitative estimate of drug-likeness (QED) is 0.902. The van der Waals surface area contributed by atoms with Crippen LogP contribution in [0.2, 0.25) is 0 Å². The molecule has 1 rings (SSSR count). The zero-order valence-electron chi connectivity index (χ0n) is 10.9. The topological polar surface area (TPSA) is 63.6 Å². The lowest BCUT2D eigenvalue weighted by Crippen LogP contribution is -2.32. The lowest BCUT2D eigenvalue weighted by Gasteiger charge is -2.17. The molecule has 1 N–H and O–H groups in total. The summed E-state index contributed by atoms with van der Waals surface area (Å²) in [4.78, 5) is 0. The molecule has 8 heteroatoms. The van der Waals surface area contributed by atoms with Crippen molar-refractivity contribution in [3.8, 4) is 5.75 Å². The van der Waals surface area contributed by atoms with Gasteiger partial charge in [0.1, 0.15) is 5.75 Å². The first-order valence-electron chi connectivity index (χ1n) is 5.70. The molecule has 0 heterocycles. The maximum Gasteiger partial charge on any atom is 0.573 e. The van der Waals surface area contributed by atoms with Crippen molar-refractivity contribution in [3.05, 3.63) is 29.8 Å². The second-order valence-electron chi connectivity index (χ2n) is 4.50. The van der Waals surface area contributed by atoms with Crippen molar-refractivity contribution in [1.82, 2.24) is 0 Å². The molecule has 0 aromatic heterocycles. The van der Waals surface area contributed by atoms with E-state index in [-0.39, 0.29) is 12.2 Å². The third-order valence-electron chi connectivity index (χ3n) is 2.82. The molecule has 0 saturated carbocycles. The molecular weight excluding hydrogens is 297 g/mol. The Bertz CT molecular complexity index is 537. The van der Waals surface area contributed by atoms with Crippen LogP contribution in [0, 0.1) is 0 Å². The maximum absolute atomic E-state index is 12.0. The molecule has 0 spiro atoms. The van der Waals surface area contributed by atoms with Crippen molar-refractivity contribution >= 4 is 9.84 Å². The average Bonchev–Trinajstić information content (AvgIpc) is 2.27. The van der Waals surface area contributed by atoms with Gasteiger partial charge in [0, 0.05) is 6.26 Å². The Morgan fingerprint density at radius 1 is 1.25 bits per heavy atom. The van der Waals surface area contributed by atoms with E-state index in [0.717, 1.165) is 18.4 Å². The van der Waals surface area contributed by atoms with Gasteiger partial charge in [-0.15, -0.1) is 13.2 Å². The van der Waals surface area contributed by atoms with Gasteiger partial charge >= 0.3 is 6.36 Å². The summed E-state index contributed by atoms with van der Waals surface area (Å²) in [7, 11) is -3.38. The molecule has 20 heavy (non-hydrogen) atoms. The van der Waals surface area contributed by atoms with E-state index in [1.807, 2.05) is 0 Å². The van der Waals surface area contributed by atoms with Gasteiger partial charge < -0.3 is 9.84 Å². The van der Waals surface area contributed by atoms with E-state index >= 15 is 0 Å². The fourth-order valence-electron chi connectivity index (χ4n) is 1.52. The number of rotatable bonds is 5. The van der Waals surface area contributed by atoms with E-state index in [1.54, 1.807) is 0 Å². The Labute approximate surface area is 115 Å². The van der Waals surface area contributed by atoms with E-state index in [2.05, 4.69) is 4.74 Å². The van der Waals surface area contributed by atoms with Gasteiger partial charge in [-0.05, 0) is 31.0 Å². The number of benzene rings is 1. The van der Waals surface area contributed by atoms with Crippen LogP contribution in [-0.4, -0.2) is 37.5 Å². The minimum Gasteiger partial charge on any atom is -0.406 e. The minimum atomic E-state index is -4.76. The van der Waals surface area contributed by atoms with Crippen LogP contribution in [-0.2, 0) is 16.3 Å². The minimum absolute atomic E-state index is 0.0283. The van der Waals surface area contributed by atoms with Gasteiger partial charge in [-0.3, -0.25) is 0 Å². The van der Waals surface area contributed by atoms with Crippen molar-refractivity contribution in [1.29, 1.82) is 0 Å². The van der Waals surface area contributed by atoms with Gasteiger partial charge in [-0.1, -0.05) is 12.1 Å². The monoisotopic (exact) mass is 312 g/mol. The summed E-state index contributed by atoms with van der Waals surface area (Å²) < 4.78 is 62.1. The fraction of sp³-hybridized carbons (Fsp3) is 0.500. The first-order chi connectivity index (χ1) is 8.99. The second-order valence-corrected chi connectivity index (χ2v) is 6.90. The van der Waals surface area contributed by atoms with Gasteiger partial charge in [-0.25, -0.2) is 8.42 Å². The standard InChI is InChI=1S/C12H15F3O4S/c1-8(20(2,17)18)11(16)7-9-3-5-10(6-4-9)19-12(13,14)15/h3-6,8,11,16H,7H2,1-2H3. The molecule has 4 nitrogen and oxygen atoms in total. The van der Waals surface area contributed by atoms with E-state index < -0.39 is 27.6 Å². The summed E-state index contributed by atoms with van der Waals surface area (Å²) in [5.74, 6) is -0.369. The fourth-order valence-corrected chi connectivity index (χ4v) is 2.19. The molecule has 0 aliphatic rings. The van der Waals surface area contributed by atoms with Gasteiger partial charge in [0.15, 0.2) is 9.84 Å². The van der Waals surface area contributed by atoms with Gasteiger partial charge in [0.2, 0.25) is 0 Å². The molecule has 0 aliphatic carbocycles. The van der Waals surface area contributed by atoms with Crippen molar-refractivity contribution in [2.75, 3.05) is 6.26 Å². The van der Waals surface area contributed by atoms with Crippen LogP contribution < -0.4 is 4.74 Å². The van der Waals surface area contributed by atoms with Crippen LogP contribution in [0.4, 0.5) is 13.2 Å². The summed E-state index contributed by atoms with van der Waals surface area (Å²) in [5.41, 5.74) is 0.516. The molecule has 2 unspecified atom stereocenters. The first-order valence-corrected chi connectivity index (χ1v) is 7.66. The molecule has 0 amide bonds. The van der Waals surface area contributed by atoms with Crippen LogP contribution in [0.1, 0.15) is 12.5 Å². The summed E-state index contributed by atoms with van der Waals surface area (Å²) in [6.07, 6.45) is -4.84. The molecule has 0 saturated heterocycles. The SMILES string of the molecule is CC(C(O)Cc1ccc(OC(F)(F)F)cc1)S(C)(=O)=O. The second kappa shape index (κ2) is 6.01. The highest BCUT2D eigenvalue weighted by atomic mass is 32.2. The van der Waals surface area contributed by atoms with Gasteiger partial charge in [0.05, 0.1) is 11.4 Å². The number of aliphatic hydroxyl groups is 1. The van der Waals surface area contributed by atoms with Crippen molar-refractivity contribution in [3.63, 3.8) is 0 Å². The van der Waals surface area contributed by atoms with Crippen LogP contribution in [0.15, 0.2) is 24.3 Å². The number of halogens is 3. The summed E-state index contributed by atoms with van der Waals surface area (Å²) >= 11 is 0. The van der Waals surface area contributed by atoms with Crippen molar-refractivity contribution < 1.29 is 31.4 Å². The number of hydrogen-bond donors (Lipinski definition) is 1. The number of sulfone groups is 1. The molecule has 2 atom stereocenters. The number of aliphatic hydroxyl groups excluding tert-OH is 1. The predicted molar refractivity (Wildman–Crippen MR) is 67.1 cm³/mol. The van der Waals surface area contributed by atoms with Crippen LogP contribution in [0.25, 0.3) is 0 Å². The molecule has 1 aromatic rings. The molecule has 114 valence electrons. The van der Waals surface area contributed by atoms with Gasteiger partial charge in [-0.2, -0.15) is 0 Å². The Hall–Kier alpha value is -1.28. The molecule has 0 aliphatic heterocycles. The van der Waals surface area contributed by atoms with Gasteiger partial charge in [0.25, 0.3) is 0 Å². The predicted octanol–water partition coefficient (Wildman–Crippen LogP) is 1.92. The first kappa shape index (κ1) is 16.8. The molecular formula is C12H15F3O4S. The Morgan fingerprint density at radius 2 is 1.75 bits per heavy atom. The highest BCUT2D eigenvalue weighted by Crippen LogP contribution is 2.23.